The van der Waals surface area contributed by atoms with Crippen molar-refractivity contribution in [1.29, 1.82) is 0 Å². The van der Waals surface area contributed by atoms with Gasteiger partial charge >= 0.3 is 0 Å². The first-order valence-corrected chi connectivity index (χ1v) is 9.50. The number of nitrogens with one attached hydrogen (secondary N) is 1. The van der Waals surface area contributed by atoms with Crippen molar-refractivity contribution in [2.45, 2.75) is 46.7 Å². The van der Waals surface area contributed by atoms with Crippen LogP contribution in [0.3, 0.4) is 0 Å². The number of ether oxygens (including phenoxy) is 1. The van der Waals surface area contributed by atoms with Gasteiger partial charge in [-0.3, -0.25) is 0 Å². The van der Waals surface area contributed by atoms with Crippen molar-refractivity contribution >= 4 is 11.7 Å². The Balaban J connectivity index is 2.23. The van der Waals surface area contributed by atoms with Gasteiger partial charge in [0.15, 0.2) is 0 Å². The van der Waals surface area contributed by atoms with Crippen molar-refractivity contribution in [3.05, 3.63) is 36.3 Å². The van der Waals surface area contributed by atoms with E-state index in [1.165, 1.54) is 0 Å². The van der Waals surface area contributed by atoms with E-state index in [9.17, 15) is 0 Å². The quantitative estimate of drug-likeness (QED) is 0.677. The van der Waals surface area contributed by atoms with Crippen molar-refractivity contribution in [2.75, 3.05) is 26.7 Å². The topological polar surface area (TPSA) is 52.5 Å². The summed E-state index contributed by atoms with van der Waals surface area (Å²) in [6.45, 7) is 13.5. The average molecular weight is 360 g/mol. The van der Waals surface area contributed by atoms with Gasteiger partial charge in [0.1, 0.15) is 11.7 Å². The Bertz CT molecular complexity index is 620. The van der Waals surface area contributed by atoms with Crippen molar-refractivity contribution < 1.29 is 4.74 Å². The summed E-state index contributed by atoms with van der Waals surface area (Å²) in [4.78, 5) is 6.95. The number of allylic oxidation sites excluding steroid dienone is 1. The first-order valence-electron chi connectivity index (χ1n) is 9.50. The summed E-state index contributed by atoms with van der Waals surface area (Å²) in [5.41, 5.74) is 1.02. The largest absolute Gasteiger partial charge is 0.505 e. The molecule has 0 radical (unpaired) electrons. The van der Waals surface area contributed by atoms with Gasteiger partial charge in [-0.2, -0.15) is 5.10 Å². The molecule has 144 valence electrons. The molecule has 3 atom stereocenters. The van der Waals surface area contributed by atoms with Crippen LogP contribution in [0.1, 0.15) is 34.6 Å². The van der Waals surface area contributed by atoms with Crippen LogP contribution in [0.25, 0.3) is 0 Å². The minimum Gasteiger partial charge on any atom is -0.505 e. The first kappa shape index (κ1) is 20.2. The molecular formula is C20H33N5O. The van der Waals surface area contributed by atoms with Crippen LogP contribution < -0.4 is 5.32 Å². The number of methoxy groups -OCH3 is 1. The number of amidine groups is 2. The summed E-state index contributed by atoms with van der Waals surface area (Å²) in [6, 6.07) is 0.535. The third kappa shape index (κ3) is 4.97. The summed E-state index contributed by atoms with van der Waals surface area (Å²) >= 11 is 0. The van der Waals surface area contributed by atoms with E-state index >= 15 is 0 Å². The van der Waals surface area contributed by atoms with Crippen LogP contribution in [-0.4, -0.2) is 60.4 Å². The highest BCUT2D eigenvalue weighted by molar-refractivity contribution is 6.06. The number of rotatable bonds is 8. The molecule has 0 spiro atoms. The maximum Gasteiger partial charge on any atom is 0.149 e. The molecule has 0 saturated carbocycles. The van der Waals surface area contributed by atoms with E-state index in [1.807, 2.05) is 11.9 Å². The highest BCUT2D eigenvalue weighted by Crippen LogP contribution is 2.25. The highest BCUT2D eigenvalue weighted by atomic mass is 16.5. The van der Waals surface area contributed by atoms with Crippen LogP contribution in [-0.2, 0) is 4.74 Å². The molecular weight excluding hydrogens is 326 g/mol. The number of likely N-dealkylation sites (N-methyl/N-ethyl adjacent to an activating group) is 2. The molecule has 0 fully saturated rings. The summed E-state index contributed by atoms with van der Waals surface area (Å²) < 4.78 is 5.09. The van der Waals surface area contributed by atoms with Gasteiger partial charge in [-0.1, -0.05) is 13.8 Å². The van der Waals surface area contributed by atoms with E-state index < -0.39 is 0 Å². The maximum absolute atomic E-state index is 5.09. The van der Waals surface area contributed by atoms with Crippen molar-refractivity contribution in [3.63, 3.8) is 0 Å². The minimum absolute atomic E-state index is 0.124. The fourth-order valence-electron chi connectivity index (χ4n) is 3.25. The molecule has 0 bridgehead atoms. The molecule has 26 heavy (non-hydrogen) atoms. The second-order valence-electron chi connectivity index (χ2n) is 6.83. The molecule has 0 aromatic rings. The zero-order chi connectivity index (χ0) is 19.1. The summed E-state index contributed by atoms with van der Waals surface area (Å²) in [7, 11) is 1.67. The third-order valence-electron chi connectivity index (χ3n) is 4.62. The van der Waals surface area contributed by atoms with E-state index in [4.69, 9.17) is 9.84 Å². The van der Waals surface area contributed by atoms with Gasteiger partial charge < -0.3 is 15.0 Å². The lowest BCUT2D eigenvalue weighted by atomic mass is 9.98. The van der Waals surface area contributed by atoms with E-state index in [2.05, 4.69) is 67.2 Å². The summed E-state index contributed by atoms with van der Waals surface area (Å²) in [5, 5.41) is 10.5. The van der Waals surface area contributed by atoms with Gasteiger partial charge in [-0.25, -0.2) is 10.0 Å². The Hall–Kier alpha value is -2.08. The lowest BCUT2D eigenvalue weighted by molar-refractivity contribution is 0.294. The Kier molecular flexibility index (Phi) is 7.45. The third-order valence-corrected chi connectivity index (χ3v) is 4.62. The normalized spacial score (nSPS) is 21.7. The number of fused-ring (bicyclic) bond motifs is 1. The summed E-state index contributed by atoms with van der Waals surface area (Å²) in [5.74, 6) is 2.13. The zero-order valence-electron chi connectivity index (χ0n) is 16.9. The maximum atomic E-state index is 5.09. The molecule has 6 heteroatoms. The van der Waals surface area contributed by atoms with Gasteiger partial charge in [-0.15, -0.1) is 0 Å². The van der Waals surface area contributed by atoms with E-state index in [0.717, 1.165) is 37.0 Å². The fraction of sp³-hybridized carbons (Fsp3) is 0.600. The summed E-state index contributed by atoms with van der Waals surface area (Å²) in [6.07, 6.45) is 10.1. The number of hydrazone groups is 1. The molecule has 0 aliphatic carbocycles. The van der Waals surface area contributed by atoms with E-state index in [-0.39, 0.29) is 12.0 Å². The zero-order valence-corrected chi connectivity index (χ0v) is 16.9. The van der Waals surface area contributed by atoms with Crippen molar-refractivity contribution in [1.82, 2.24) is 15.2 Å². The van der Waals surface area contributed by atoms with Crippen LogP contribution in [0.5, 0.6) is 0 Å². The van der Waals surface area contributed by atoms with Gasteiger partial charge in [-0.05, 0) is 51.6 Å². The van der Waals surface area contributed by atoms with Crippen LogP contribution in [0.4, 0.5) is 0 Å². The molecule has 1 N–H and O–H groups in total. The SMILES string of the molecule is CCNC(C)CN(CC)C1=NN2C(=NC(C)=CC2C(C)/C=C/OC)C=C1. The van der Waals surface area contributed by atoms with Gasteiger partial charge in [0.25, 0.3) is 0 Å². The number of hydrogen-bond acceptors (Lipinski definition) is 6. The minimum atomic E-state index is 0.124. The second kappa shape index (κ2) is 9.57. The Labute approximate surface area is 158 Å². The second-order valence-corrected chi connectivity index (χ2v) is 6.83. The van der Waals surface area contributed by atoms with E-state index in [1.54, 1.807) is 13.4 Å². The van der Waals surface area contributed by atoms with Gasteiger partial charge in [0, 0.05) is 30.7 Å². The number of nitrogens with zero attached hydrogens (tertiary/aromatic N) is 4. The van der Waals surface area contributed by atoms with Crippen LogP contribution in [0.2, 0.25) is 0 Å². The smallest absolute Gasteiger partial charge is 0.149 e. The van der Waals surface area contributed by atoms with Crippen molar-refractivity contribution in [2.24, 2.45) is 16.0 Å². The van der Waals surface area contributed by atoms with Crippen LogP contribution in [0, 0.1) is 5.92 Å². The number of hydrogen-bond donors (Lipinski definition) is 1. The molecule has 2 heterocycles. The van der Waals surface area contributed by atoms with E-state index in [0.29, 0.717) is 6.04 Å². The molecule has 2 aliphatic heterocycles. The van der Waals surface area contributed by atoms with Gasteiger partial charge in [0.2, 0.25) is 0 Å². The highest BCUT2D eigenvalue weighted by Gasteiger charge is 2.29. The molecule has 3 unspecified atom stereocenters. The molecule has 0 aromatic carbocycles. The molecule has 0 amide bonds. The molecule has 6 nitrogen and oxygen atoms in total. The monoisotopic (exact) mass is 359 g/mol. The molecule has 0 aromatic heterocycles. The number of aliphatic imine (C=N–C) groups is 1. The molecule has 2 aliphatic rings. The first-order chi connectivity index (χ1) is 12.5. The van der Waals surface area contributed by atoms with Gasteiger partial charge in [0.05, 0.1) is 19.4 Å². The Morgan fingerprint density at radius 3 is 2.77 bits per heavy atom. The Morgan fingerprint density at radius 2 is 2.12 bits per heavy atom. The fourth-order valence-corrected chi connectivity index (χ4v) is 3.25. The van der Waals surface area contributed by atoms with Crippen molar-refractivity contribution in [3.8, 4) is 0 Å². The Morgan fingerprint density at radius 1 is 1.35 bits per heavy atom. The van der Waals surface area contributed by atoms with Crippen LogP contribution in [0.15, 0.2) is 46.4 Å². The average Bonchev–Trinajstić information content (AvgIpc) is 2.63. The lowest BCUT2D eigenvalue weighted by Gasteiger charge is -2.37. The predicted octanol–water partition coefficient (Wildman–Crippen LogP) is 2.97. The molecule has 2 rings (SSSR count). The predicted molar refractivity (Wildman–Crippen MR) is 109 cm³/mol. The van der Waals surface area contributed by atoms with Crippen LogP contribution >= 0.6 is 0 Å². The lowest BCUT2D eigenvalue weighted by Crippen LogP contribution is -2.47. The molecule has 0 saturated heterocycles. The standard InChI is InChI=1S/C20H33N5O/c1-7-21-17(5)14-24(8-2)20-10-9-19-22-16(4)13-18(25(19)23-20)15(3)11-12-26-6/h9-13,15,17-18,21H,7-8,14H2,1-6H3/b12-11+.